The first-order chi connectivity index (χ1) is 3.86. The standard InChI is InChI=1S/C7H10Cl/c8-7-4-5-1-2-6(7)3-5/h4-7H,1-3H2. The molecule has 0 heterocycles. The average Bonchev–Trinajstić information content (AvgIpc) is 2.23. The number of hydrogen-bond donors (Lipinski definition) is 0. The van der Waals surface area contributed by atoms with Gasteiger partial charge in [-0.15, -0.1) is 11.6 Å². The summed E-state index contributed by atoms with van der Waals surface area (Å²) >= 11 is 5.95. The van der Waals surface area contributed by atoms with Crippen molar-refractivity contribution in [2.24, 2.45) is 11.8 Å². The maximum atomic E-state index is 5.95. The molecule has 0 spiro atoms. The van der Waals surface area contributed by atoms with E-state index in [1.807, 2.05) is 0 Å². The fraction of sp³-hybridized carbons (Fsp3) is 0.857. The molecule has 3 unspecified atom stereocenters. The molecular weight excluding hydrogens is 120 g/mol. The van der Waals surface area contributed by atoms with Gasteiger partial charge >= 0.3 is 0 Å². The highest BCUT2D eigenvalue weighted by atomic mass is 35.5. The van der Waals surface area contributed by atoms with Crippen molar-refractivity contribution in [3.63, 3.8) is 0 Å². The Morgan fingerprint density at radius 3 is 2.50 bits per heavy atom. The Labute approximate surface area is 55.2 Å². The fourth-order valence-corrected chi connectivity index (χ4v) is 2.37. The number of rotatable bonds is 0. The Hall–Kier alpha value is 0.290. The van der Waals surface area contributed by atoms with Crippen LogP contribution in [0.3, 0.4) is 0 Å². The lowest BCUT2D eigenvalue weighted by molar-refractivity contribution is 0.563. The summed E-state index contributed by atoms with van der Waals surface area (Å²) in [5.74, 6) is 1.74. The van der Waals surface area contributed by atoms with Crippen molar-refractivity contribution in [3.05, 3.63) is 6.42 Å². The molecule has 2 rings (SSSR count). The van der Waals surface area contributed by atoms with E-state index in [0.29, 0.717) is 5.38 Å². The third-order valence-electron chi connectivity index (χ3n) is 2.42. The molecule has 2 aliphatic carbocycles. The van der Waals surface area contributed by atoms with Crippen molar-refractivity contribution < 1.29 is 0 Å². The average molecular weight is 130 g/mol. The molecule has 0 amide bonds. The number of hydrogen-bond acceptors (Lipinski definition) is 0. The topological polar surface area (TPSA) is 0 Å². The smallest absolute Gasteiger partial charge is 0.0398 e. The summed E-state index contributed by atoms with van der Waals surface area (Å²) in [6.07, 6.45) is 6.49. The Kier molecular flexibility index (Phi) is 1.04. The summed E-state index contributed by atoms with van der Waals surface area (Å²) in [6.45, 7) is 0. The highest BCUT2D eigenvalue weighted by Gasteiger charge is 2.38. The lowest BCUT2D eigenvalue weighted by atomic mass is 10.0. The van der Waals surface area contributed by atoms with Crippen LogP contribution in [0.15, 0.2) is 0 Å². The highest BCUT2D eigenvalue weighted by molar-refractivity contribution is 6.22. The SMILES string of the molecule is ClC1[CH]C2CCC1C2. The van der Waals surface area contributed by atoms with Crippen LogP contribution < -0.4 is 0 Å². The minimum absolute atomic E-state index is 0.425. The van der Waals surface area contributed by atoms with Crippen molar-refractivity contribution in [1.82, 2.24) is 0 Å². The van der Waals surface area contributed by atoms with Gasteiger partial charge in [-0.25, -0.2) is 0 Å². The largest absolute Gasteiger partial charge is 0.122 e. The van der Waals surface area contributed by atoms with Crippen LogP contribution in [-0.4, -0.2) is 5.38 Å². The molecule has 2 aliphatic rings. The zero-order valence-electron chi connectivity index (χ0n) is 4.81. The van der Waals surface area contributed by atoms with Crippen LogP contribution in [0, 0.1) is 18.3 Å². The summed E-state index contributed by atoms with van der Waals surface area (Å²) in [7, 11) is 0. The summed E-state index contributed by atoms with van der Waals surface area (Å²) in [6, 6.07) is 0. The van der Waals surface area contributed by atoms with Crippen LogP contribution in [0.25, 0.3) is 0 Å². The Morgan fingerprint density at radius 1 is 1.38 bits per heavy atom. The van der Waals surface area contributed by atoms with Crippen LogP contribution in [-0.2, 0) is 0 Å². The summed E-state index contributed by atoms with van der Waals surface area (Å²) < 4.78 is 0. The molecule has 1 heteroatoms. The van der Waals surface area contributed by atoms with Gasteiger partial charge in [-0.1, -0.05) is 0 Å². The van der Waals surface area contributed by atoms with Gasteiger partial charge in [-0.05, 0) is 37.5 Å². The molecule has 0 N–H and O–H groups in total. The van der Waals surface area contributed by atoms with Crippen LogP contribution in [0.2, 0.25) is 0 Å². The van der Waals surface area contributed by atoms with Gasteiger partial charge in [0.2, 0.25) is 0 Å². The van der Waals surface area contributed by atoms with E-state index in [4.69, 9.17) is 11.6 Å². The van der Waals surface area contributed by atoms with Gasteiger partial charge in [0, 0.05) is 5.38 Å². The van der Waals surface area contributed by atoms with E-state index in [-0.39, 0.29) is 0 Å². The molecule has 2 bridgehead atoms. The van der Waals surface area contributed by atoms with Crippen LogP contribution in [0.1, 0.15) is 19.3 Å². The van der Waals surface area contributed by atoms with E-state index in [9.17, 15) is 0 Å². The molecule has 2 saturated carbocycles. The van der Waals surface area contributed by atoms with Gasteiger partial charge in [0.05, 0.1) is 0 Å². The first-order valence-electron chi connectivity index (χ1n) is 3.35. The fourth-order valence-electron chi connectivity index (χ4n) is 1.93. The molecule has 0 nitrogen and oxygen atoms in total. The monoisotopic (exact) mass is 129 g/mol. The van der Waals surface area contributed by atoms with Crippen LogP contribution in [0.5, 0.6) is 0 Å². The Bertz CT molecular complexity index is 98.6. The summed E-state index contributed by atoms with van der Waals surface area (Å²) in [5.41, 5.74) is 0. The maximum absolute atomic E-state index is 5.95. The molecule has 45 valence electrons. The second-order valence-electron chi connectivity index (χ2n) is 2.97. The zero-order valence-corrected chi connectivity index (χ0v) is 5.56. The molecule has 0 aromatic carbocycles. The maximum Gasteiger partial charge on any atom is 0.0398 e. The van der Waals surface area contributed by atoms with Crippen molar-refractivity contribution in [2.75, 3.05) is 0 Å². The quantitative estimate of drug-likeness (QED) is 0.440. The predicted molar refractivity (Wildman–Crippen MR) is 34.8 cm³/mol. The van der Waals surface area contributed by atoms with Crippen molar-refractivity contribution in [3.8, 4) is 0 Å². The van der Waals surface area contributed by atoms with Gasteiger partial charge < -0.3 is 0 Å². The zero-order chi connectivity index (χ0) is 5.56. The lowest BCUT2D eigenvalue weighted by Crippen LogP contribution is -2.09. The third kappa shape index (κ3) is 0.589. The molecule has 2 fully saturated rings. The minimum Gasteiger partial charge on any atom is -0.122 e. The molecule has 0 aliphatic heterocycles. The van der Waals surface area contributed by atoms with Gasteiger partial charge in [-0.2, -0.15) is 0 Å². The Morgan fingerprint density at radius 2 is 2.25 bits per heavy atom. The van der Waals surface area contributed by atoms with E-state index in [1.165, 1.54) is 19.3 Å². The predicted octanol–water partition coefficient (Wildman–Crippen LogP) is 2.23. The first kappa shape index (κ1) is 5.10. The molecule has 0 aromatic rings. The normalized spacial score (nSPS) is 52.9. The second kappa shape index (κ2) is 1.63. The molecule has 3 atom stereocenters. The minimum atomic E-state index is 0.425. The number of halogens is 1. The van der Waals surface area contributed by atoms with Crippen molar-refractivity contribution >= 4 is 11.6 Å². The molecule has 0 saturated heterocycles. The molecule has 8 heavy (non-hydrogen) atoms. The second-order valence-corrected chi connectivity index (χ2v) is 3.47. The third-order valence-corrected chi connectivity index (χ3v) is 2.92. The van der Waals surface area contributed by atoms with E-state index in [0.717, 1.165) is 11.8 Å². The number of alkyl halides is 1. The first-order valence-corrected chi connectivity index (χ1v) is 3.79. The van der Waals surface area contributed by atoms with Crippen LogP contribution >= 0.6 is 11.6 Å². The van der Waals surface area contributed by atoms with E-state index in [2.05, 4.69) is 6.42 Å². The summed E-state index contributed by atoms with van der Waals surface area (Å²) in [5, 5.41) is 0.425. The van der Waals surface area contributed by atoms with E-state index in [1.54, 1.807) is 0 Å². The van der Waals surface area contributed by atoms with Crippen molar-refractivity contribution in [1.29, 1.82) is 0 Å². The van der Waals surface area contributed by atoms with E-state index < -0.39 is 0 Å². The van der Waals surface area contributed by atoms with Gasteiger partial charge in [0.15, 0.2) is 0 Å². The van der Waals surface area contributed by atoms with Crippen molar-refractivity contribution in [2.45, 2.75) is 24.6 Å². The highest BCUT2D eigenvalue weighted by Crippen LogP contribution is 2.46. The van der Waals surface area contributed by atoms with E-state index >= 15 is 0 Å². The molecule has 1 radical (unpaired) electrons. The Balaban J connectivity index is 2.11. The van der Waals surface area contributed by atoms with Gasteiger partial charge in [0.1, 0.15) is 0 Å². The molecule has 0 aromatic heterocycles. The number of fused-ring (bicyclic) bond motifs is 2. The molecular formula is C7H10Cl. The summed E-state index contributed by atoms with van der Waals surface area (Å²) in [4.78, 5) is 0. The van der Waals surface area contributed by atoms with Gasteiger partial charge in [0.25, 0.3) is 0 Å². The van der Waals surface area contributed by atoms with Gasteiger partial charge in [-0.3, -0.25) is 0 Å². The van der Waals surface area contributed by atoms with Crippen LogP contribution in [0.4, 0.5) is 0 Å². The lowest BCUT2D eigenvalue weighted by Gasteiger charge is -2.12.